The Kier molecular flexibility index (Phi) is 8.19. The summed E-state index contributed by atoms with van der Waals surface area (Å²) in [5, 5.41) is 3.50. The molecular weight excluding hydrogens is 318 g/mol. The SMILES string of the molecule is CCCNC(C)c1cc(Br)ccc1OC(C)COCC. The van der Waals surface area contributed by atoms with Gasteiger partial charge in [0.05, 0.1) is 6.61 Å². The second kappa shape index (κ2) is 9.37. The van der Waals surface area contributed by atoms with Gasteiger partial charge in [-0.2, -0.15) is 0 Å². The summed E-state index contributed by atoms with van der Waals surface area (Å²) < 4.78 is 12.5. The van der Waals surface area contributed by atoms with E-state index in [2.05, 4.69) is 41.2 Å². The minimum atomic E-state index is 0.0493. The summed E-state index contributed by atoms with van der Waals surface area (Å²) in [6.07, 6.45) is 1.17. The second-order valence-corrected chi connectivity index (χ2v) is 5.86. The van der Waals surface area contributed by atoms with E-state index < -0.39 is 0 Å². The van der Waals surface area contributed by atoms with Crippen LogP contribution in [-0.4, -0.2) is 25.9 Å². The molecule has 2 unspecified atom stereocenters. The molecule has 0 aliphatic carbocycles. The highest BCUT2D eigenvalue weighted by Crippen LogP contribution is 2.29. The minimum Gasteiger partial charge on any atom is -0.488 e. The first-order valence-electron chi connectivity index (χ1n) is 7.35. The van der Waals surface area contributed by atoms with Gasteiger partial charge in [-0.15, -0.1) is 0 Å². The Morgan fingerprint density at radius 3 is 2.65 bits per heavy atom. The zero-order valence-electron chi connectivity index (χ0n) is 12.9. The van der Waals surface area contributed by atoms with Crippen molar-refractivity contribution in [2.75, 3.05) is 19.8 Å². The summed E-state index contributed by atoms with van der Waals surface area (Å²) >= 11 is 3.53. The molecule has 0 amide bonds. The molecule has 0 saturated carbocycles. The highest BCUT2D eigenvalue weighted by atomic mass is 79.9. The van der Waals surface area contributed by atoms with Gasteiger partial charge in [0.25, 0.3) is 0 Å². The number of halogens is 1. The van der Waals surface area contributed by atoms with Crippen molar-refractivity contribution < 1.29 is 9.47 Å². The summed E-state index contributed by atoms with van der Waals surface area (Å²) in [5.74, 6) is 0.927. The van der Waals surface area contributed by atoms with Crippen LogP contribution in [0, 0.1) is 0 Å². The molecule has 0 heterocycles. The van der Waals surface area contributed by atoms with Crippen LogP contribution < -0.4 is 10.1 Å². The van der Waals surface area contributed by atoms with E-state index in [1.807, 2.05) is 26.0 Å². The van der Waals surface area contributed by atoms with Crippen molar-refractivity contribution in [3.63, 3.8) is 0 Å². The Labute approximate surface area is 131 Å². The predicted octanol–water partition coefficient (Wildman–Crippen LogP) is 4.31. The van der Waals surface area contributed by atoms with Crippen molar-refractivity contribution in [1.82, 2.24) is 5.32 Å². The molecule has 114 valence electrons. The Bertz CT molecular complexity index is 398. The first kappa shape index (κ1) is 17.5. The number of hydrogen-bond acceptors (Lipinski definition) is 3. The van der Waals surface area contributed by atoms with Crippen LogP contribution in [0.25, 0.3) is 0 Å². The molecule has 0 saturated heterocycles. The molecule has 1 aromatic rings. The second-order valence-electron chi connectivity index (χ2n) is 4.95. The quantitative estimate of drug-likeness (QED) is 0.724. The van der Waals surface area contributed by atoms with E-state index in [1.54, 1.807) is 0 Å². The van der Waals surface area contributed by atoms with Crippen molar-refractivity contribution in [1.29, 1.82) is 0 Å². The lowest BCUT2D eigenvalue weighted by Crippen LogP contribution is -2.23. The van der Waals surface area contributed by atoms with Crippen molar-refractivity contribution >= 4 is 15.9 Å². The zero-order valence-corrected chi connectivity index (χ0v) is 14.5. The van der Waals surface area contributed by atoms with Gasteiger partial charge in [-0.05, 0) is 51.9 Å². The van der Waals surface area contributed by atoms with Crippen molar-refractivity contribution in [2.24, 2.45) is 0 Å². The van der Waals surface area contributed by atoms with Gasteiger partial charge in [0.2, 0.25) is 0 Å². The Morgan fingerprint density at radius 2 is 2.00 bits per heavy atom. The molecule has 3 nitrogen and oxygen atoms in total. The van der Waals surface area contributed by atoms with Crippen molar-refractivity contribution in [3.8, 4) is 5.75 Å². The first-order valence-corrected chi connectivity index (χ1v) is 8.15. The van der Waals surface area contributed by atoms with E-state index in [4.69, 9.17) is 9.47 Å². The first-order chi connectivity index (χ1) is 9.58. The molecule has 1 N–H and O–H groups in total. The fourth-order valence-corrected chi connectivity index (χ4v) is 2.35. The third-order valence-corrected chi connectivity index (χ3v) is 3.52. The van der Waals surface area contributed by atoms with E-state index in [0.717, 1.165) is 29.8 Å². The molecule has 0 fully saturated rings. The maximum atomic E-state index is 6.02. The monoisotopic (exact) mass is 343 g/mol. The molecule has 0 spiro atoms. The van der Waals surface area contributed by atoms with Crippen LogP contribution in [0.5, 0.6) is 5.75 Å². The van der Waals surface area contributed by atoms with Gasteiger partial charge < -0.3 is 14.8 Å². The number of benzene rings is 1. The van der Waals surface area contributed by atoms with Crippen LogP contribution in [0.3, 0.4) is 0 Å². The highest BCUT2D eigenvalue weighted by molar-refractivity contribution is 9.10. The maximum absolute atomic E-state index is 6.02. The fraction of sp³-hybridized carbons (Fsp3) is 0.625. The molecule has 0 aliphatic heterocycles. The van der Waals surface area contributed by atoms with E-state index in [9.17, 15) is 0 Å². The van der Waals surface area contributed by atoms with Gasteiger partial charge in [0, 0.05) is 22.7 Å². The molecule has 1 rings (SSSR count). The van der Waals surface area contributed by atoms with Gasteiger partial charge in [-0.25, -0.2) is 0 Å². The topological polar surface area (TPSA) is 30.5 Å². The average molecular weight is 344 g/mol. The van der Waals surface area contributed by atoms with Crippen LogP contribution in [0.15, 0.2) is 22.7 Å². The lowest BCUT2D eigenvalue weighted by Gasteiger charge is -2.21. The highest BCUT2D eigenvalue weighted by Gasteiger charge is 2.14. The largest absolute Gasteiger partial charge is 0.488 e. The van der Waals surface area contributed by atoms with E-state index in [1.165, 1.54) is 5.56 Å². The Morgan fingerprint density at radius 1 is 1.25 bits per heavy atom. The van der Waals surface area contributed by atoms with E-state index >= 15 is 0 Å². The molecule has 1 aromatic carbocycles. The van der Waals surface area contributed by atoms with Crippen molar-refractivity contribution in [2.45, 2.75) is 46.3 Å². The van der Waals surface area contributed by atoms with Gasteiger partial charge in [-0.1, -0.05) is 22.9 Å². The summed E-state index contributed by atoms with van der Waals surface area (Å²) in [7, 11) is 0. The molecule has 2 atom stereocenters. The molecule has 0 bridgehead atoms. The smallest absolute Gasteiger partial charge is 0.124 e. The van der Waals surface area contributed by atoms with Gasteiger partial charge >= 0.3 is 0 Å². The zero-order chi connectivity index (χ0) is 15.0. The molecular formula is C16H26BrNO2. The van der Waals surface area contributed by atoms with E-state index in [-0.39, 0.29) is 12.1 Å². The lowest BCUT2D eigenvalue weighted by molar-refractivity contribution is 0.0649. The molecule has 0 aromatic heterocycles. The lowest BCUT2D eigenvalue weighted by atomic mass is 10.1. The molecule has 20 heavy (non-hydrogen) atoms. The minimum absolute atomic E-state index is 0.0493. The molecule has 0 radical (unpaired) electrons. The Hall–Kier alpha value is -0.580. The Balaban J connectivity index is 2.78. The normalized spacial score (nSPS) is 14.1. The summed E-state index contributed by atoms with van der Waals surface area (Å²) in [6.45, 7) is 10.7. The number of rotatable bonds is 9. The van der Waals surface area contributed by atoms with Crippen LogP contribution in [0.4, 0.5) is 0 Å². The summed E-state index contributed by atoms with van der Waals surface area (Å²) in [5.41, 5.74) is 1.18. The third-order valence-electron chi connectivity index (χ3n) is 3.02. The fourth-order valence-electron chi connectivity index (χ4n) is 1.97. The standard InChI is InChI=1S/C16H26BrNO2/c1-5-9-18-13(4)15-10-14(17)7-8-16(15)20-12(3)11-19-6-2/h7-8,10,12-13,18H,5-6,9,11H2,1-4H3. The van der Waals surface area contributed by atoms with Crippen LogP contribution >= 0.6 is 15.9 Å². The van der Waals surface area contributed by atoms with Gasteiger partial charge in [0.15, 0.2) is 0 Å². The van der Waals surface area contributed by atoms with Crippen LogP contribution in [0.2, 0.25) is 0 Å². The maximum Gasteiger partial charge on any atom is 0.124 e. The number of hydrogen-bond donors (Lipinski definition) is 1. The number of nitrogens with one attached hydrogen (secondary N) is 1. The van der Waals surface area contributed by atoms with E-state index in [0.29, 0.717) is 6.61 Å². The third kappa shape index (κ3) is 5.81. The van der Waals surface area contributed by atoms with Gasteiger partial charge in [-0.3, -0.25) is 0 Å². The van der Waals surface area contributed by atoms with Crippen LogP contribution in [0.1, 0.15) is 45.7 Å². The summed E-state index contributed by atoms with van der Waals surface area (Å²) in [6, 6.07) is 6.42. The molecule has 4 heteroatoms. The summed E-state index contributed by atoms with van der Waals surface area (Å²) in [4.78, 5) is 0. The average Bonchev–Trinajstić information content (AvgIpc) is 2.44. The predicted molar refractivity (Wildman–Crippen MR) is 87.4 cm³/mol. The molecule has 0 aliphatic rings. The van der Waals surface area contributed by atoms with Crippen LogP contribution in [-0.2, 0) is 4.74 Å². The number of ether oxygens (including phenoxy) is 2. The van der Waals surface area contributed by atoms with Crippen molar-refractivity contribution in [3.05, 3.63) is 28.2 Å². The van der Waals surface area contributed by atoms with Gasteiger partial charge in [0.1, 0.15) is 11.9 Å².